The first kappa shape index (κ1) is 10.4. The molecule has 0 bridgehead atoms. The standard InChI is InChI=1S/C10H13N3O/c1-8-3-4-9(5-6-12-13-11)7-10(8)14-2/h3-4,7H,5-6H2,1-2H3. The highest BCUT2D eigenvalue weighted by Crippen LogP contribution is 2.19. The third kappa shape index (κ3) is 2.68. The Kier molecular flexibility index (Phi) is 3.83. The summed E-state index contributed by atoms with van der Waals surface area (Å²) in [5.41, 5.74) is 10.4. The van der Waals surface area contributed by atoms with Gasteiger partial charge in [0.15, 0.2) is 0 Å². The van der Waals surface area contributed by atoms with E-state index in [4.69, 9.17) is 10.3 Å². The lowest BCUT2D eigenvalue weighted by atomic mass is 10.1. The maximum absolute atomic E-state index is 8.12. The van der Waals surface area contributed by atoms with Crippen molar-refractivity contribution < 1.29 is 4.74 Å². The third-order valence-corrected chi connectivity index (χ3v) is 2.04. The first-order valence-electron chi connectivity index (χ1n) is 4.42. The molecule has 0 saturated carbocycles. The predicted octanol–water partition coefficient (Wildman–Crippen LogP) is 2.86. The van der Waals surface area contributed by atoms with E-state index in [0.29, 0.717) is 6.54 Å². The minimum absolute atomic E-state index is 0.489. The van der Waals surface area contributed by atoms with Crippen LogP contribution in [0.5, 0.6) is 5.75 Å². The molecular formula is C10H13N3O. The molecule has 1 aromatic carbocycles. The van der Waals surface area contributed by atoms with Crippen molar-refractivity contribution in [1.82, 2.24) is 0 Å². The molecule has 4 nitrogen and oxygen atoms in total. The van der Waals surface area contributed by atoms with Crippen LogP contribution in [0.25, 0.3) is 10.4 Å². The van der Waals surface area contributed by atoms with Gasteiger partial charge in [-0.1, -0.05) is 17.2 Å². The summed E-state index contributed by atoms with van der Waals surface area (Å²) >= 11 is 0. The predicted molar refractivity (Wildman–Crippen MR) is 55.4 cm³/mol. The van der Waals surface area contributed by atoms with E-state index in [0.717, 1.165) is 23.3 Å². The summed E-state index contributed by atoms with van der Waals surface area (Å²) < 4.78 is 5.19. The van der Waals surface area contributed by atoms with E-state index in [1.165, 1.54) is 0 Å². The number of nitrogens with zero attached hydrogens (tertiary/aromatic N) is 3. The van der Waals surface area contributed by atoms with E-state index >= 15 is 0 Å². The first-order chi connectivity index (χ1) is 6.77. The second-order valence-corrected chi connectivity index (χ2v) is 3.01. The monoisotopic (exact) mass is 191 g/mol. The van der Waals surface area contributed by atoms with Gasteiger partial charge in [0.2, 0.25) is 0 Å². The van der Waals surface area contributed by atoms with Crippen LogP contribution in [-0.2, 0) is 6.42 Å². The van der Waals surface area contributed by atoms with Crippen molar-refractivity contribution in [2.24, 2.45) is 5.11 Å². The van der Waals surface area contributed by atoms with Crippen LogP contribution in [0.1, 0.15) is 11.1 Å². The van der Waals surface area contributed by atoms with Crippen molar-refractivity contribution in [2.45, 2.75) is 13.3 Å². The molecule has 4 heteroatoms. The van der Waals surface area contributed by atoms with Gasteiger partial charge in [0, 0.05) is 11.5 Å². The van der Waals surface area contributed by atoms with Gasteiger partial charge in [-0.15, -0.1) is 0 Å². The quantitative estimate of drug-likeness (QED) is 0.410. The van der Waals surface area contributed by atoms with E-state index in [1.54, 1.807) is 7.11 Å². The maximum atomic E-state index is 8.12. The number of methoxy groups -OCH3 is 1. The molecule has 0 radical (unpaired) electrons. The number of ether oxygens (including phenoxy) is 1. The van der Waals surface area contributed by atoms with Crippen LogP contribution in [0.4, 0.5) is 0 Å². The zero-order chi connectivity index (χ0) is 10.4. The number of azide groups is 1. The van der Waals surface area contributed by atoms with E-state index < -0.39 is 0 Å². The Morgan fingerprint density at radius 2 is 2.29 bits per heavy atom. The summed E-state index contributed by atoms with van der Waals surface area (Å²) in [4.78, 5) is 2.70. The van der Waals surface area contributed by atoms with Crippen LogP contribution < -0.4 is 4.74 Å². The zero-order valence-electron chi connectivity index (χ0n) is 8.40. The molecule has 0 heterocycles. The topological polar surface area (TPSA) is 58.0 Å². The summed E-state index contributed by atoms with van der Waals surface area (Å²) in [7, 11) is 1.65. The Morgan fingerprint density at radius 1 is 1.50 bits per heavy atom. The van der Waals surface area contributed by atoms with Crippen molar-refractivity contribution in [1.29, 1.82) is 0 Å². The van der Waals surface area contributed by atoms with Crippen molar-refractivity contribution in [3.8, 4) is 5.75 Å². The lowest BCUT2D eigenvalue weighted by molar-refractivity contribution is 0.411. The van der Waals surface area contributed by atoms with Gasteiger partial charge in [0.05, 0.1) is 7.11 Å². The molecule has 0 aromatic heterocycles. The fourth-order valence-electron chi connectivity index (χ4n) is 1.24. The summed E-state index contributed by atoms with van der Waals surface area (Å²) in [6.07, 6.45) is 0.751. The highest BCUT2D eigenvalue weighted by atomic mass is 16.5. The number of rotatable bonds is 4. The lowest BCUT2D eigenvalue weighted by Gasteiger charge is -2.06. The summed E-state index contributed by atoms with van der Waals surface area (Å²) in [5.74, 6) is 0.878. The van der Waals surface area contributed by atoms with Gasteiger partial charge >= 0.3 is 0 Å². The number of aryl methyl sites for hydroxylation is 1. The van der Waals surface area contributed by atoms with Crippen LogP contribution in [0.2, 0.25) is 0 Å². The number of hydrogen-bond acceptors (Lipinski definition) is 2. The Morgan fingerprint density at radius 3 is 2.93 bits per heavy atom. The Bertz CT molecular complexity index is 356. The van der Waals surface area contributed by atoms with Crippen LogP contribution in [-0.4, -0.2) is 13.7 Å². The average Bonchev–Trinajstić information content (AvgIpc) is 2.21. The minimum atomic E-state index is 0.489. The van der Waals surface area contributed by atoms with Gasteiger partial charge in [0.1, 0.15) is 5.75 Å². The van der Waals surface area contributed by atoms with E-state index in [2.05, 4.69) is 10.0 Å². The van der Waals surface area contributed by atoms with Gasteiger partial charge in [-0.05, 0) is 36.1 Å². The van der Waals surface area contributed by atoms with Gasteiger partial charge in [-0.2, -0.15) is 0 Å². The number of benzene rings is 1. The molecule has 0 fully saturated rings. The molecule has 14 heavy (non-hydrogen) atoms. The van der Waals surface area contributed by atoms with Crippen molar-refractivity contribution in [3.05, 3.63) is 39.8 Å². The lowest BCUT2D eigenvalue weighted by Crippen LogP contribution is -1.92. The second kappa shape index (κ2) is 5.14. The molecular weight excluding hydrogens is 178 g/mol. The van der Waals surface area contributed by atoms with Gasteiger partial charge in [-0.3, -0.25) is 0 Å². The van der Waals surface area contributed by atoms with Crippen molar-refractivity contribution in [2.75, 3.05) is 13.7 Å². The largest absolute Gasteiger partial charge is 0.496 e. The van der Waals surface area contributed by atoms with E-state index in [9.17, 15) is 0 Å². The van der Waals surface area contributed by atoms with Crippen molar-refractivity contribution in [3.63, 3.8) is 0 Å². The molecule has 0 amide bonds. The summed E-state index contributed by atoms with van der Waals surface area (Å²) in [5, 5.41) is 3.48. The SMILES string of the molecule is COc1cc(CCN=[N+]=[N-])ccc1C. The highest BCUT2D eigenvalue weighted by molar-refractivity contribution is 5.36. The number of hydrogen-bond donors (Lipinski definition) is 0. The molecule has 0 aliphatic rings. The van der Waals surface area contributed by atoms with E-state index in [-0.39, 0.29) is 0 Å². The average molecular weight is 191 g/mol. The molecule has 0 saturated heterocycles. The molecule has 0 aliphatic heterocycles. The van der Waals surface area contributed by atoms with Crippen molar-refractivity contribution >= 4 is 0 Å². The second-order valence-electron chi connectivity index (χ2n) is 3.01. The third-order valence-electron chi connectivity index (χ3n) is 2.04. The van der Waals surface area contributed by atoms with Gasteiger partial charge in [-0.25, -0.2) is 0 Å². The smallest absolute Gasteiger partial charge is 0.122 e. The molecule has 0 atom stereocenters. The molecule has 0 unspecified atom stereocenters. The molecule has 0 aliphatic carbocycles. The highest BCUT2D eigenvalue weighted by Gasteiger charge is 1.99. The first-order valence-corrected chi connectivity index (χ1v) is 4.42. The zero-order valence-corrected chi connectivity index (χ0v) is 8.40. The fraction of sp³-hybridized carbons (Fsp3) is 0.400. The summed E-state index contributed by atoms with van der Waals surface area (Å²) in [6, 6.07) is 6.00. The maximum Gasteiger partial charge on any atom is 0.122 e. The Labute approximate surface area is 83.1 Å². The van der Waals surface area contributed by atoms with Crippen LogP contribution in [0.3, 0.4) is 0 Å². The van der Waals surface area contributed by atoms with Crippen LogP contribution in [0, 0.1) is 6.92 Å². The van der Waals surface area contributed by atoms with Crippen LogP contribution >= 0.6 is 0 Å². The molecule has 1 rings (SSSR count). The fourth-order valence-corrected chi connectivity index (χ4v) is 1.24. The Hall–Kier alpha value is -1.67. The minimum Gasteiger partial charge on any atom is -0.496 e. The molecule has 74 valence electrons. The van der Waals surface area contributed by atoms with Gasteiger partial charge < -0.3 is 4.74 Å². The van der Waals surface area contributed by atoms with Gasteiger partial charge in [0.25, 0.3) is 0 Å². The normalized spacial score (nSPS) is 9.29. The summed E-state index contributed by atoms with van der Waals surface area (Å²) in [6.45, 7) is 2.48. The van der Waals surface area contributed by atoms with E-state index in [1.807, 2.05) is 25.1 Å². The molecule has 1 aromatic rings. The molecule has 0 spiro atoms. The van der Waals surface area contributed by atoms with Crippen LogP contribution in [0.15, 0.2) is 23.3 Å². The Balaban J connectivity index is 2.73. The molecule has 0 N–H and O–H groups in total.